The first-order chi connectivity index (χ1) is 12.1. The van der Waals surface area contributed by atoms with Crippen molar-refractivity contribution in [2.75, 3.05) is 5.32 Å². The van der Waals surface area contributed by atoms with E-state index in [9.17, 15) is 4.39 Å². The number of benzene rings is 1. The molecule has 0 aliphatic heterocycles. The summed E-state index contributed by atoms with van der Waals surface area (Å²) in [6.45, 7) is 1.88. The van der Waals surface area contributed by atoms with E-state index in [4.69, 9.17) is 11.6 Å². The molecule has 0 saturated heterocycles. The quantitative estimate of drug-likeness (QED) is 0.549. The molecule has 0 aliphatic rings. The molecular formula is C17H11ClFN5S. The van der Waals surface area contributed by atoms with Gasteiger partial charge in [0.1, 0.15) is 23.0 Å². The van der Waals surface area contributed by atoms with Crippen molar-refractivity contribution in [2.24, 2.45) is 0 Å². The lowest BCUT2D eigenvalue weighted by Crippen LogP contribution is -1.97. The zero-order chi connectivity index (χ0) is 17.4. The van der Waals surface area contributed by atoms with Crippen LogP contribution < -0.4 is 5.32 Å². The van der Waals surface area contributed by atoms with Gasteiger partial charge in [-0.05, 0) is 25.1 Å². The summed E-state index contributed by atoms with van der Waals surface area (Å²) in [6.07, 6.45) is 3.13. The molecule has 3 heterocycles. The average Bonchev–Trinajstić information content (AvgIpc) is 2.99. The van der Waals surface area contributed by atoms with Crippen LogP contribution in [0.4, 0.5) is 16.0 Å². The van der Waals surface area contributed by atoms with Gasteiger partial charge in [-0.15, -0.1) is 11.3 Å². The smallest absolute Gasteiger partial charge is 0.151 e. The van der Waals surface area contributed by atoms with E-state index < -0.39 is 5.82 Å². The third-order valence-electron chi connectivity index (χ3n) is 3.53. The molecule has 8 heteroatoms. The van der Waals surface area contributed by atoms with Crippen molar-refractivity contribution in [3.05, 3.63) is 59.4 Å². The second-order valence-corrected chi connectivity index (χ2v) is 6.70. The number of nitrogens with one attached hydrogen (secondary N) is 1. The lowest BCUT2D eigenvalue weighted by atomic mass is 10.2. The van der Waals surface area contributed by atoms with Gasteiger partial charge in [0.25, 0.3) is 0 Å². The maximum absolute atomic E-state index is 14.2. The highest BCUT2D eigenvalue weighted by Gasteiger charge is 2.16. The average molecular weight is 372 g/mol. The summed E-state index contributed by atoms with van der Waals surface area (Å²) in [7, 11) is 0. The van der Waals surface area contributed by atoms with Gasteiger partial charge >= 0.3 is 0 Å². The van der Waals surface area contributed by atoms with Crippen LogP contribution in [0.2, 0.25) is 5.02 Å². The van der Waals surface area contributed by atoms with E-state index in [0.717, 1.165) is 10.4 Å². The summed E-state index contributed by atoms with van der Waals surface area (Å²) in [5.41, 5.74) is 1.85. The third-order valence-corrected chi connectivity index (χ3v) is 4.94. The van der Waals surface area contributed by atoms with Crippen molar-refractivity contribution in [3.63, 3.8) is 0 Å². The number of hydrogen-bond acceptors (Lipinski definition) is 6. The SMILES string of the molecule is Cc1cc(Nc2nccc3nc(-c4c(F)cccc4Cl)sc23)ncn1. The molecule has 0 amide bonds. The lowest BCUT2D eigenvalue weighted by Gasteiger charge is -2.05. The van der Waals surface area contributed by atoms with Crippen LogP contribution in [0.5, 0.6) is 0 Å². The predicted molar refractivity (Wildman–Crippen MR) is 97.9 cm³/mol. The fourth-order valence-electron chi connectivity index (χ4n) is 2.40. The molecule has 0 saturated carbocycles. The molecule has 1 N–H and O–H groups in total. The number of thiazole rings is 1. The van der Waals surface area contributed by atoms with Crippen molar-refractivity contribution in [1.29, 1.82) is 0 Å². The largest absolute Gasteiger partial charge is 0.324 e. The van der Waals surface area contributed by atoms with Gasteiger partial charge in [0.15, 0.2) is 5.82 Å². The van der Waals surface area contributed by atoms with Crippen LogP contribution in [0.15, 0.2) is 42.9 Å². The summed E-state index contributed by atoms with van der Waals surface area (Å²) in [4.78, 5) is 17.1. The van der Waals surface area contributed by atoms with E-state index in [1.54, 1.807) is 24.4 Å². The Morgan fingerprint density at radius 2 is 2.04 bits per heavy atom. The number of hydrogen-bond donors (Lipinski definition) is 1. The summed E-state index contributed by atoms with van der Waals surface area (Å²) < 4.78 is 15.0. The van der Waals surface area contributed by atoms with Gasteiger partial charge in [0.2, 0.25) is 0 Å². The predicted octanol–water partition coefficient (Wildman–Crippen LogP) is 4.99. The monoisotopic (exact) mass is 371 g/mol. The number of rotatable bonds is 3. The maximum Gasteiger partial charge on any atom is 0.151 e. The number of halogens is 2. The Balaban J connectivity index is 1.82. The molecule has 124 valence electrons. The van der Waals surface area contributed by atoms with Crippen LogP contribution in [0, 0.1) is 12.7 Å². The second kappa shape index (κ2) is 6.34. The summed E-state index contributed by atoms with van der Waals surface area (Å²) in [5, 5.41) is 4.00. The minimum atomic E-state index is -0.402. The van der Waals surface area contributed by atoms with E-state index in [1.165, 1.54) is 23.7 Å². The Morgan fingerprint density at radius 1 is 1.16 bits per heavy atom. The van der Waals surface area contributed by atoms with Crippen LogP contribution in [0.25, 0.3) is 20.8 Å². The van der Waals surface area contributed by atoms with Gasteiger partial charge < -0.3 is 5.32 Å². The van der Waals surface area contributed by atoms with E-state index in [0.29, 0.717) is 32.7 Å². The molecule has 0 unspecified atom stereocenters. The molecule has 25 heavy (non-hydrogen) atoms. The summed E-state index contributed by atoms with van der Waals surface area (Å²) in [5.74, 6) is 0.832. The molecule has 4 aromatic rings. The second-order valence-electron chi connectivity index (χ2n) is 5.29. The van der Waals surface area contributed by atoms with E-state index >= 15 is 0 Å². The molecule has 0 atom stereocenters. The molecule has 0 fully saturated rings. The Kier molecular flexibility index (Phi) is 4.03. The molecule has 0 bridgehead atoms. The summed E-state index contributed by atoms with van der Waals surface area (Å²) >= 11 is 7.48. The van der Waals surface area contributed by atoms with Crippen LogP contribution in [0.3, 0.4) is 0 Å². The van der Waals surface area contributed by atoms with Crippen LogP contribution in [-0.2, 0) is 0 Å². The Morgan fingerprint density at radius 3 is 2.84 bits per heavy atom. The third kappa shape index (κ3) is 3.04. The molecule has 0 radical (unpaired) electrons. The van der Waals surface area contributed by atoms with Gasteiger partial charge in [-0.2, -0.15) is 0 Å². The number of aromatic nitrogens is 4. The summed E-state index contributed by atoms with van der Waals surface area (Å²) in [6, 6.07) is 8.18. The molecule has 3 aromatic heterocycles. The number of nitrogens with zero attached hydrogens (tertiary/aromatic N) is 4. The Bertz CT molecular complexity index is 1060. The number of anilines is 2. The molecule has 5 nitrogen and oxygen atoms in total. The van der Waals surface area contributed by atoms with Gasteiger partial charge in [0, 0.05) is 18.0 Å². The molecule has 0 aliphatic carbocycles. The minimum absolute atomic E-state index is 0.300. The standard InChI is InChI=1S/C17H11ClFN5S/c1-9-7-13(22-8-21-9)24-16-15-12(5-6-20-16)23-17(25-15)14-10(18)3-2-4-11(14)19/h2-8H,1H3,(H,20,21,22,24). The first kappa shape index (κ1) is 15.9. The van der Waals surface area contributed by atoms with Crippen LogP contribution in [0.1, 0.15) is 5.69 Å². The topological polar surface area (TPSA) is 63.6 Å². The van der Waals surface area contributed by atoms with Crippen molar-refractivity contribution in [3.8, 4) is 10.6 Å². The van der Waals surface area contributed by atoms with Crippen molar-refractivity contribution >= 4 is 44.8 Å². The molecule has 4 rings (SSSR count). The highest BCUT2D eigenvalue weighted by Crippen LogP contribution is 2.38. The zero-order valence-corrected chi connectivity index (χ0v) is 14.6. The molecule has 1 aromatic carbocycles. The van der Waals surface area contributed by atoms with Gasteiger partial charge in [-0.3, -0.25) is 0 Å². The first-order valence-corrected chi connectivity index (χ1v) is 8.57. The molecular weight excluding hydrogens is 361 g/mol. The highest BCUT2D eigenvalue weighted by molar-refractivity contribution is 7.22. The van der Waals surface area contributed by atoms with E-state index in [1.807, 2.05) is 13.0 Å². The van der Waals surface area contributed by atoms with E-state index in [2.05, 4.69) is 25.3 Å². The molecule has 0 spiro atoms. The number of fused-ring (bicyclic) bond motifs is 1. The zero-order valence-electron chi connectivity index (χ0n) is 13.0. The fourth-order valence-corrected chi connectivity index (χ4v) is 3.77. The first-order valence-electron chi connectivity index (χ1n) is 7.37. The van der Waals surface area contributed by atoms with E-state index in [-0.39, 0.29) is 0 Å². The maximum atomic E-state index is 14.2. The van der Waals surface area contributed by atoms with Crippen molar-refractivity contribution < 1.29 is 4.39 Å². The normalized spacial score (nSPS) is 11.0. The Hall–Kier alpha value is -2.64. The van der Waals surface area contributed by atoms with Crippen molar-refractivity contribution in [1.82, 2.24) is 19.9 Å². The minimum Gasteiger partial charge on any atom is -0.324 e. The van der Waals surface area contributed by atoms with Gasteiger partial charge in [-0.1, -0.05) is 17.7 Å². The highest BCUT2D eigenvalue weighted by atomic mass is 35.5. The lowest BCUT2D eigenvalue weighted by molar-refractivity contribution is 0.631. The Labute approximate surface area is 151 Å². The fraction of sp³-hybridized carbons (Fsp3) is 0.0588. The van der Waals surface area contributed by atoms with Gasteiger partial charge in [0.05, 0.1) is 20.8 Å². The van der Waals surface area contributed by atoms with Gasteiger partial charge in [-0.25, -0.2) is 24.3 Å². The van der Waals surface area contributed by atoms with Crippen LogP contribution >= 0.6 is 22.9 Å². The van der Waals surface area contributed by atoms with Crippen molar-refractivity contribution in [2.45, 2.75) is 6.92 Å². The van der Waals surface area contributed by atoms with Crippen LogP contribution in [-0.4, -0.2) is 19.9 Å². The number of pyridine rings is 1. The number of aryl methyl sites for hydroxylation is 1.